The molecule has 0 saturated heterocycles. The van der Waals surface area contributed by atoms with E-state index in [-0.39, 0.29) is 0 Å². The molecule has 0 aliphatic rings. The van der Waals surface area contributed by atoms with Gasteiger partial charge in [0.2, 0.25) is 5.89 Å². The summed E-state index contributed by atoms with van der Waals surface area (Å²) < 4.78 is 7.78. The Hall–Kier alpha value is -2.57. The first-order chi connectivity index (χ1) is 13.5. The van der Waals surface area contributed by atoms with Crippen LogP contribution in [0.2, 0.25) is 5.02 Å². The Bertz CT molecular complexity index is 1100. The number of rotatable bonds is 5. The standard InChI is InChI=1S/C21H19ClN4OS/c1-13-6-4-5-7-18(13)26-20(16-8-10-17(22)11-9-16)24-25-21(26)28-12-19-23-14(2)15(3)27-19/h4-11H,12H2,1-3H3. The van der Waals surface area contributed by atoms with Crippen molar-refractivity contribution in [2.45, 2.75) is 31.7 Å². The van der Waals surface area contributed by atoms with Crippen LogP contribution in [0.5, 0.6) is 0 Å². The number of halogens is 1. The second-order valence-corrected chi connectivity index (χ2v) is 7.85. The molecule has 0 N–H and O–H groups in total. The minimum atomic E-state index is 0.583. The number of benzene rings is 2. The molecular formula is C21H19ClN4OS. The van der Waals surface area contributed by atoms with E-state index in [4.69, 9.17) is 16.0 Å². The van der Waals surface area contributed by atoms with Crippen molar-refractivity contribution >= 4 is 23.4 Å². The summed E-state index contributed by atoms with van der Waals surface area (Å²) in [6, 6.07) is 15.8. The number of aromatic nitrogens is 4. The van der Waals surface area contributed by atoms with E-state index in [0.717, 1.165) is 39.2 Å². The lowest BCUT2D eigenvalue weighted by Gasteiger charge is -2.12. The topological polar surface area (TPSA) is 56.7 Å². The third-order valence-electron chi connectivity index (χ3n) is 4.49. The maximum atomic E-state index is 6.05. The molecule has 0 fully saturated rings. The van der Waals surface area contributed by atoms with Gasteiger partial charge in [0.25, 0.3) is 0 Å². The molecule has 0 atom stereocenters. The molecule has 5 nitrogen and oxygen atoms in total. The van der Waals surface area contributed by atoms with Crippen LogP contribution in [-0.4, -0.2) is 19.7 Å². The van der Waals surface area contributed by atoms with Crippen LogP contribution in [0.25, 0.3) is 17.1 Å². The lowest BCUT2D eigenvalue weighted by molar-refractivity contribution is 0.489. The predicted molar refractivity (Wildman–Crippen MR) is 112 cm³/mol. The molecular weight excluding hydrogens is 392 g/mol. The number of aryl methyl sites for hydroxylation is 3. The summed E-state index contributed by atoms with van der Waals surface area (Å²) in [6.07, 6.45) is 0. The van der Waals surface area contributed by atoms with Gasteiger partial charge in [-0.15, -0.1) is 10.2 Å². The number of para-hydroxylation sites is 1. The van der Waals surface area contributed by atoms with E-state index in [1.165, 1.54) is 0 Å². The van der Waals surface area contributed by atoms with Crippen molar-refractivity contribution in [3.05, 3.63) is 76.5 Å². The van der Waals surface area contributed by atoms with Crippen LogP contribution in [-0.2, 0) is 5.75 Å². The maximum Gasteiger partial charge on any atom is 0.205 e. The van der Waals surface area contributed by atoms with Crippen LogP contribution in [0, 0.1) is 20.8 Å². The SMILES string of the molecule is Cc1ccccc1-n1c(SCc2nc(C)c(C)o2)nnc1-c1ccc(Cl)cc1. The van der Waals surface area contributed by atoms with Crippen molar-refractivity contribution in [1.29, 1.82) is 0 Å². The highest BCUT2D eigenvalue weighted by Gasteiger charge is 2.18. The zero-order chi connectivity index (χ0) is 19.7. The van der Waals surface area contributed by atoms with Crippen molar-refractivity contribution in [2.75, 3.05) is 0 Å². The molecule has 4 rings (SSSR count). The Kier molecular flexibility index (Phi) is 5.24. The van der Waals surface area contributed by atoms with E-state index in [2.05, 4.69) is 38.8 Å². The van der Waals surface area contributed by atoms with Gasteiger partial charge in [0, 0.05) is 10.6 Å². The molecule has 28 heavy (non-hydrogen) atoms. The fourth-order valence-corrected chi connectivity index (χ4v) is 3.82. The minimum absolute atomic E-state index is 0.583. The molecule has 7 heteroatoms. The molecule has 2 heterocycles. The maximum absolute atomic E-state index is 6.05. The molecule has 0 bridgehead atoms. The Morgan fingerprint density at radius 1 is 1.00 bits per heavy atom. The van der Waals surface area contributed by atoms with E-state index < -0.39 is 0 Å². The zero-order valence-electron chi connectivity index (χ0n) is 15.8. The second kappa shape index (κ2) is 7.81. The van der Waals surface area contributed by atoms with Gasteiger partial charge in [-0.2, -0.15) is 0 Å². The summed E-state index contributed by atoms with van der Waals surface area (Å²) >= 11 is 7.61. The molecule has 0 aliphatic carbocycles. The average Bonchev–Trinajstić information content (AvgIpc) is 3.24. The normalized spacial score (nSPS) is 11.1. The van der Waals surface area contributed by atoms with Crippen molar-refractivity contribution in [2.24, 2.45) is 0 Å². The number of oxazole rings is 1. The van der Waals surface area contributed by atoms with E-state index in [1.807, 2.05) is 50.2 Å². The lowest BCUT2D eigenvalue weighted by Crippen LogP contribution is -2.02. The third kappa shape index (κ3) is 3.70. The quantitative estimate of drug-likeness (QED) is 0.389. The van der Waals surface area contributed by atoms with E-state index >= 15 is 0 Å². The Labute approximate surface area is 172 Å². The summed E-state index contributed by atoms with van der Waals surface area (Å²) in [5.74, 6) is 2.89. The predicted octanol–water partition coefficient (Wildman–Crippen LogP) is 5.79. The first-order valence-corrected chi connectivity index (χ1v) is 10.2. The van der Waals surface area contributed by atoms with Crippen molar-refractivity contribution < 1.29 is 4.42 Å². The Morgan fingerprint density at radius 3 is 2.43 bits per heavy atom. The molecule has 0 unspecified atom stereocenters. The average molecular weight is 411 g/mol. The number of hydrogen-bond acceptors (Lipinski definition) is 5. The Morgan fingerprint density at radius 2 is 1.75 bits per heavy atom. The van der Waals surface area contributed by atoms with Gasteiger partial charge in [-0.25, -0.2) is 4.98 Å². The molecule has 2 aromatic heterocycles. The van der Waals surface area contributed by atoms with Crippen LogP contribution in [0.3, 0.4) is 0 Å². The van der Waals surface area contributed by atoms with E-state index in [0.29, 0.717) is 16.7 Å². The summed E-state index contributed by atoms with van der Waals surface area (Å²) in [6.45, 7) is 5.95. The summed E-state index contributed by atoms with van der Waals surface area (Å²) in [5.41, 5.74) is 4.05. The van der Waals surface area contributed by atoms with Crippen LogP contribution in [0.15, 0.2) is 58.1 Å². The number of thioether (sulfide) groups is 1. The van der Waals surface area contributed by atoms with Gasteiger partial charge in [-0.1, -0.05) is 41.6 Å². The van der Waals surface area contributed by atoms with Crippen molar-refractivity contribution in [1.82, 2.24) is 19.7 Å². The largest absolute Gasteiger partial charge is 0.445 e. The number of nitrogens with zero attached hydrogens (tertiary/aromatic N) is 4. The van der Waals surface area contributed by atoms with Gasteiger partial charge in [-0.3, -0.25) is 4.57 Å². The summed E-state index contributed by atoms with van der Waals surface area (Å²) in [4.78, 5) is 4.46. The number of hydrogen-bond donors (Lipinski definition) is 0. The van der Waals surface area contributed by atoms with Gasteiger partial charge in [-0.05, 0) is 56.7 Å². The molecule has 0 spiro atoms. The molecule has 0 aliphatic heterocycles. The van der Waals surface area contributed by atoms with Crippen molar-refractivity contribution in [3.8, 4) is 17.1 Å². The highest BCUT2D eigenvalue weighted by molar-refractivity contribution is 7.98. The van der Waals surface area contributed by atoms with Crippen LogP contribution in [0.4, 0.5) is 0 Å². The fourth-order valence-electron chi connectivity index (χ4n) is 2.91. The van der Waals surface area contributed by atoms with Gasteiger partial charge >= 0.3 is 0 Å². The Balaban J connectivity index is 1.76. The molecule has 0 amide bonds. The minimum Gasteiger partial charge on any atom is -0.445 e. The van der Waals surface area contributed by atoms with Gasteiger partial charge in [0.05, 0.1) is 17.1 Å². The van der Waals surface area contributed by atoms with E-state index in [1.54, 1.807) is 11.8 Å². The summed E-state index contributed by atoms with van der Waals surface area (Å²) in [5, 5.41) is 10.4. The van der Waals surface area contributed by atoms with Gasteiger partial charge < -0.3 is 4.42 Å². The lowest BCUT2D eigenvalue weighted by atomic mass is 10.1. The smallest absolute Gasteiger partial charge is 0.205 e. The first-order valence-electron chi connectivity index (χ1n) is 8.86. The fraction of sp³-hybridized carbons (Fsp3) is 0.190. The van der Waals surface area contributed by atoms with Crippen LogP contribution < -0.4 is 0 Å². The van der Waals surface area contributed by atoms with Crippen LogP contribution in [0.1, 0.15) is 22.9 Å². The molecule has 142 valence electrons. The third-order valence-corrected chi connectivity index (χ3v) is 5.66. The molecule has 0 saturated carbocycles. The van der Waals surface area contributed by atoms with Gasteiger partial charge in [0.15, 0.2) is 11.0 Å². The molecule has 4 aromatic rings. The molecule has 2 aromatic carbocycles. The summed E-state index contributed by atoms with van der Waals surface area (Å²) in [7, 11) is 0. The van der Waals surface area contributed by atoms with Crippen molar-refractivity contribution in [3.63, 3.8) is 0 Å². The first kappa shape index (κ1) is 18.8. The monoisotopic (exact) mass is 410 g/mol. The highest BCUT2D eigenvalue weighted by Crippen LogP contribution is 2.31. The highest BCUT2D eigenvalue weighted by atomic mass is 35.5. The second-order valence-electron chi connectivity index (χ2n) is 6.47. The zero-order valence-corrected chi connectivity index (χ0v) is 17.4. The van der Waals surface area contributed by atoms with Gasteiger partial charge in [0.1, 0.15) is 5.76 Å². The van der Waals surface area contributed by atoms with Crippen LogP contribution >= 0.6 is 23.4 Å². The van der Waals surface area contributed by atoms with E-state index in [9.17, 15) is 0 Å². The molecule has 0 radical (unpaired) electrons.